The fourth-order valence-corrected chi connectivity index (χ4v) is 1.10. The molecule has 0 saturated carbocycles. The zero-order valence-electron chi connectivity index (χ0n) is 6.39. The van der Waals surface area contributed by atoms with E-state index in [1.807, 2.05) is 0 Å². The molecule has 74 valence electrons. The Bertz CT molecular complexity index is 158. The first-order chi connectivity index (χ1) is 5.45. The van der Waals surface area contributed by atoms with Crippen LogP contribution in [0.1, 0.15) is 12.8 Å². The van der Waals surface area contributed by atoms with Gasteiger partial charge < -0.3 is 14.9 Å². The average Bonchev–Trinajstić information content (AvgIpc) is 1.96. The lowest BCUT2D eigenvalue weighted by Gasteiger charge is -2.07. The van der Waals surface area contributed by atoms with E-state index in [4.69, 9.17) is 26.5 Å². The van der Waals surface area contributed by atoms with E-state index >= 15 is 0 Å². The van der Waals surface area contributed by atoms with Gasteiger partial charge in [0.25, 0.3) is 0 Å². The molecule has 0 aliphatic heterocycles. The maximum Gasteiger partial charge on any atom is 0.469 e. The number of rotatable bonds is 6. The smallest absolute Gasteiger partial charge is 0.392 e. The standard InChI is InChI=1S/C5H12ClO5P/c6-4-5(7)2-1-3-11-12(8,9)10/h5,7H,1-4H2,(H2,8,9,10). The Morgan fingerprint density at radius 1 is 1.50 bits per heavy atom. The average molecular weight is 219 g/mol. The fraction of sp³-hybridized carbons (Fsp3) is 1.00. The Balaban J connectivity index is 3.28. The largest absolute Gasteiger partial charge is 0.469 e. The molecule has 0 fully saturated rings. The highest BCUT2D eigenvalue weighted by molar-refractivity contribution is 7.46. The molecular weight excluding hydrogens is 206 g/mol. The van der Waals surface area contributed by atoms with Crippen LogP contribution in [0.5, 0.6) is 0 Å². The summed E-state index contributed by atoms with van der Waals surface area (Å²) in [6, 6.07) is 0. The highest BCUT2D eigenvalue weighted by atomic mass is 35.5. The number of aliphatic hydroxyl groups is 1. The fourth-order valence-electron chi connectivity index (χ4n) is 0.580. The number of alkyl halides is 1. The summed E-state index contributed by atoms with van der Waals surface area (Å²) in [5.74, 6) is 0.121. The number of halogens is 1. The van der Waals surface area contributed by atoms with Gasteiger partial charge in [-0.2, -0.15) is 0 Å². The van der Waals surface area contributed by atoms with E-state index < -0.39 is 13.9 Å². The summed E-state index contributed by atoms with van der Waals surface area (Å²) in [4.78, 5) is 16.5. The van der Waals surface area contributed by atoms with Crippen LogP contribution in [0.25, 0.3) is 0 Å². The highest BCUT2D eigenvalue weighted by Gasteiger charge is 2.13. The molecule has 0 saturated heterocycles. The quantitative estimate of drug-likeness (QED) is 0.343. The SMILES string of the molecule is O=P(O)(O)OCCCC(O)CCl. The van der Waals surface area contributed by atoms with E-state index in [0.717, 1.165) is 0 Å². The molecule has 0 aromatic carbocycles. The van der Waals surface area contributed by atoms with E-state index in [1.54, 1.807) is 0 Å². The molecule has 0 radical (unpaired) electrons. The summed E-state index contributed by atoms with van der Waals surface area (Å²) in [5, 5.41) is 8.91. The first-order valence-corrected chi connectivity index (χ1v) is 5.46. The molecule has 0 spiro atoms. The minimum Gasteiger partial charge on any atom is -0.392 e. The second kappa shape index (κ2) is 5.91. The third kappa shape index (κ3) is 8.46. The molecule has 0 rings (SSSR count). The normalized spacial score (nSPS) is 14.7. The predicted molar refractivity (Wildman–Crippen MR) is 44.0 cm³/mol. The molecule has 1 atom stereocenters. The Hall–Kier alpha value is 0.360. The molecule has 0 amide bonds. The second-order valence-corrected chi connectivity index (χ2v) is 3.82. The Kier molecular flexibility index (Phi) is 6.09. The van der Waals surface area contributed by atoms with Gasteiger partial charge in [0.05, 0.1) is 12.7 Å². The van der Waals surface area contributed by atoms with E-state index in [-0.39, 0.29) is 12.5 Å². The molecule has 0 aliphatic rings. The van der Waals surface area contributed by atoms with Crippen molar-refractivity contribution in [2.24, 2.45) is 0 Å². The number of aliphatic hydroxyl groups excluding tert-OH is 1. The number of phosphoric ester groups is 1. The Morgan fingerprint density at radius 2 is 2.08 bits per heavy atom. The highest BCUT2D eigenvalue weighted by Crippen LogP contribution is 2.35. The van der Waals surface area contributed by atoms with E-state index in [0.29, 0.717) is 12.8 Å². The van der Waals surface area contributed by atoms with Crippen LogP contribution >= 0.6 is 19.4 Å². The van der Waals surface area contributed by atoms with Gasteiger partial charge in [-0.1, -0.05) is 0 Å². The topological polar surface area (TPSA) is 87.0 Å². The predicted octanol–water partition coefficient (Wildman–Crippen LogP) is 0.476. The van der Waals surface area contributed by atoms with Gasteiger partial charge in [0.2, 0.25) is 0 Å². The van der Waals surface area contributed by atoms with Crippen LogP contribution in [0, 0.1) is 0 Å². The van der Waals surface area contributed by atoms with Crippen LogP contribution in [-0.2, 0) is 9.09 Å². The maximum absolute atomic E-state index is 10.1. The molecule has 0 aromatic heterocycles. The van der Waals surface area contributed by atoms with Crippen LogP contribution in [0.15, 0.2) is 0 Å². The third-order valence-electron chi connectivity index (χ3n) is 1.12. The van der Waals surface area contributed by atoms with Crippen molar-refractivity contribution >= 4 is 19.4 Å². The zero-order valence-corrected chi connectivity index (χ0v) is 8.04. The monoisotopic (exact) mass is 218 g/mol. The van der Waals surface area contributed by atoms with Gasteiger partial charge in [-0.25, -0.2) is 4.57 Å². The van der Waals surface area contributed by atoms with Crippen LogP contribution in [0.2, 0.25) is 0 Å². The van der Waals surface area contributed by atoms with Crippen molar-refractivity contribution in [1.82, 2.24) is 0 Å². The van der Waals surface area contributed by atoms with Gasteiger partial charge in [-0.3, -0.25) is 4.52 Å². The first-order valence-electron chi connectivity index (χ1n) is 3.40. The molecule has 0 aliphatic carbocycles. The van der Waals surface area contributed by atoms with Crippen LogP contribution in [0.4, 0.5) is 0 Å². The number of hydrogen-bond acceptors (Lipinski definition) is 3. The van der Waals surface area contributed by atoms with Crippen LogP contribution in [0.3, 0.4) is 0 Å². The molecule has 12 heavy (non-hydrogen) atoms. The van der Waals surface area contributed by atoms with Crippen molar-refractivity contribution in [3.63, 3.8) is 0 Å². The molecule has 0 aromatic rings. The molecular formula is C5H12ClO5P. The summed E-state index contributed by atoms with van der Waals surface area (Å²) in [5.41, 5.74) is 0. The van der Waals surface area contributed by atoms with Crippen LogP contribution in [-0.4, -0.2) is 33.5 Å². The minimum absolute atomic E-state index is 0.0712. The van der Waals surface area contributed by atoms with Gasteiger partial charge in [-0.05, 0) is 12.8 Å². The lowest BCUT2D eigenvalue weighted by Crippen LogP contribution is -2.08. The second-order valence-electron chi connectivity index (χ2n) is 2.27. The summed E-state index contributed by atoms with van der Waals surface area (Å²) in [6.45, 7) is -0.0712. The summed E-state index contributed by atoms with van der Waals surface area (Å²) in [6.07, 6.45) is 0.120. The molecule has 7 heteroatoms. The van der Waals surface area contributed by atoms with Crippen molar-refractivity contribution in [1.29, 1.82) is 0 Å². The summed E-state index contributed by atoms with van der Waals surface area (Å²) < 4.78 is 14.3. The molecule has 5 nitrogen and oxygen atoms in total. The van der Waals surface area contributed by atoms with Gasteiger partial charge in [-0.15, -0.1) is 11.6 Å². The minimum atomic E-state index is -4.35. The maximum atomic E-state index is 10.1. The van der Waals surface area contributed by atoms with E-state index in [1.165, 1.54) is 0 Å². The van der Waals surface area contributed by atoms with Crippen molar-refractivity contribution in [3.05, 3.63) is 0 Å². The Morgan fingerprint density at radius 3 is 2.50 bits per heavy atom. The molecule has 0 heterocycles. The van der Waals surface area contributed by atoms with Gasteiger partial charge in [0.15, 0.2) is 0 Å². The van der Waals surface area contributed by atoms with Gasteiger partial charge in [0.1, 0.15) is 0 Å². The van der Waals surface area contributed by atoms with Crippen molar-refractivity contribution in [2.75, 3.05) is 12.5 Å². The number of hydrogen-bond donors (Lipinski definition) is 3. The summed E-state index contributed by atoms with van der Waals surface area (Å²) >= 11 is 5.28. The lowest BCUT2D eigenvalue weighted by molar-refractivity contribution is 0.156. The van der Waals surface area contributed by atoms with E-state index in [9.17, 15) is 4.57 Å². The van der Waals surface area contributed by atoms with E-state index in [2.05, 4.69) is 4.52 Å². The first kappa shape index (κ1) is 12.4. The zero-order chi connectivity index (χ0) is 9.61. The third-order valence-corrected chi connectivity index (χ3v) is 1.99. The number of phosphoric acid groups is 1. The lowest BCUT2D eigenvalue weighted by atomic mass is 10.2. The Labute approximate surface area is 75.5 Å². The molecule has 1 unspecified atom stereocenters. The van der Waals surface area contributed by atoms with Crippen LogP contribution < -0.4 is 0 Å². The van der Waals surface area contributed by atoms with Gasteiger partial charge in [0, 0.05) is 5.88 Å². The summed E-state index contributed by atoms with van der Waals surface area (Å²) in [7, 11) is -4.35. The van der Waals surface area contributed by atoms with Crippen molar-refractivity contribution in [2.45, 2.75) is 18.9 Å². The van der Waals surface area contributed by atoms with Crippen molar-refractivity contribution in [3.8, 4) is 0 Å². The molecule has 0 bridgehead atoms. The molecule has 3 N–H and O–H groups in total. The van der Waals surface area contributed by atoms with Gasteiger partial charge >= 0.3 is 7.82 Å². The van der Waals surface area contributed by atoms with Crippen molar-refractivity contribution < 1.29 is 24.0 Å².